The van der Waals surface area contributed by atoms with Gasteiger partial charge in [0.2, 0.25) is 0 Å². The summed E-state index contributed by atoms with van der Waals surface area (Å²) in [6, 6.07) is 13.7. The molecular weight excluding hydrogens is 276 g/mol. The molecular formula is C23H28. The van der Waals surface area contributed by atoms with Crippen molar-refractivity contribution in [2.75, 3.05) is 0 Å². The Hall–Kier alpha value is -1.82. The van der Waals surface area contributed by atoms with E-state index in [0.717, 1.165) is 19.3 Å². The van der Waals surface area contributed by atoms with Gasteiger partial charge >= 0.3 is 0 Å². The van der Waals surface area contributed by atoms with Crippen LogP contribution in [0.1, 0.15) is 68.7 Å². The monoisotopic (exact) mass is 304 g/mol. The van der Waals surface area contributed by atoms with Crippen LogP contribution in [0.25, 0.3) is 17.2 Å². The van der Waals surface area contributed by atoms with Crippen LogP contribution in [-0.2, 0) is 12.8 Å². The molecule has 0 unspecified atom stereocenters. The van der Waals surface area contributed by atoms with Crippen molar-refractivity contribution in [3.05, 3.63) is 64.2 Å². The van der Waals surface area contributed by atoms with Crippen LogP contribution in [0.5, 0.6) is 0 Å². The topological polar surface area (TPSA) is 0 Å². The van der Waals surface area contributed by atoms with Gasteiger partial charge in [-0.25, -0.2) is 0 Å². The Morgan fingerprint density at radius 1 is 1.00 bits per heavy atom. The third kappa shape index (κ3) is 3.00. The molecule has 0 atom stereocenters. The van der Waals surface area contributed by atoms with Crippen molar-refractivity contribution < 1.29 is 0 Å². The molecule has 0 spiro atoms. The Balaban J connectivity index is 2.26. The number of rotatable bonds is 5. The van der Waals surface area contributed by atoms with Crippen molar-refractivity contribution in [3.63, 3.8) is 0 Å². The molecule has 0 heterocycles. The van der Waals surface area contributed by atoms with E-state index in [-0.39, 0.29) is 0 Å². The zero-order valence-electron chi connectivity index (χ0n) is 14.9. The summed E-state index contributed by atoms with van der Waals surface area (Å²) >= 11 is 0. The summed E-state index contributed by atoms with van der Waals surface area (Å²) in [5.74, 6) is 0.549. The maximum absolute atomic E-state index is 2.46. The van der Waals surface area contributed by atoms with Crippen molar-refractivity contribution in [1.82, 2.24) is 0 Å². The van der Waals surface area contributed by atoms with E-state index < -0.39 is 0 Å². The summed E-state index contributed by atoms with van der Waals surface area (Å²) in [7, 11) is 0. The summed E-state index contributed by atoms with van der Waals surface area (Å²) in [5, 5.41) is 0. The number of hydrogen-bond donors (Lipinski definition) is 0. The molecule has 23 heavy (non-hydrogen) atoms. The molecule has 0 bridgehead atoms. The zero-order valence-corrected chi connectivity index (χ0v) is 14.9. The number of benzene rings is 2. The van der Waals surface area contributed by atoms with Gasteiger partial charge in [-0.2, -0.15) is 0 Å². The van der Waals surface area contributed by atoms with Gasteiger partial charge in [-0.05, 0) is 58.6 Å². The van der Waals surface area contributed by atoms with Gasteiger partial charge in [0.05, 0.1) is 0 Å². The molecule has 0 aromatic heterocycles. The zero-order chi connectivity index (χ0) is 16.4. The van der Waals surface area contributed by atoms with Gasteiger partial charge in [0, 0.05) is 0 Å². The molecule has 0 saturated carbocycles. The summed E-state index contributed by atoms with van der Waals surface area (Å²) in [6.07, 6.45) is 7.10. The van der Waals surface area contributed by atoms with Crippen molar-refractivity contribution in [3.8, 4) is 11.1 Å². The number of fused-ring (bicyclic) bond motifs is 1. The summed E-state index contributed by atoms with van der Waals surface area (Å²) in [6.45, 7) is 9.15. The van der Waals surface area contributed by atoms with Crippen molar-refractivity contribution in [2.45, 2.75) is 59.3 Å². The first-order chi connectivity index (χ1) is 11.2. The molecule has 0 aliphatic heterocycles. The highest BCUT2D eigenvalue weighted by Crippen LogP contribution is 2.40. The summed E-state index contributed by atoms with van der Waals surface area (Å²) in [5.41, 5.74) is 10.5. The standard InChI is InChI=1S/C23H28/c1-5-9-18-12-13-19-14-17(6-2)15-22(19)23(18)21-11-8-7-10-20(21)16(3)4/h7-8,10-13,15-16H,5-6,9,14H2,1-4H3. The Morgan fingerprint density at radius 2 is 1.78 bits per heavy atom. The van der Waals surface area contributed by atoms with Crippen molar-refractivity contribution in [2.24, 2.45) is 0 Å². The van der Waals surface area contributed by atoms with Crippen LogP contribution < -0.4 is 0 Å². The lowest BCUT2D eigenvalue weighted by Crippen LogP contribution is -1.99. The molecule has 1 aliphatic carbocycles. The third-order valence-electron chi connectivity index (χ3n) is 5.01. The first kappa shape index (κ1) is 16.1. The van der Waals surface area contributed by atoms with E-state index in [2.05, 4.69) is 70.2 Å². The maximum atomic E-state index is 2.46. The van der Waals surface area contributed by atoms with Gasteiger partial charge in [-0.1, -0.05) is 82.2 Å². The minimum atomic E-state index is 0.549. The molecule has 3 rings (SSSR count). The second-order valence-corrected chi connectivity index (χ2v) is 7.00. The van der Waals surface area contributed by atoms with Gasteiger partial charge in [0.25, 0.3) is 0 Å². The fourth-order valence-corrected chi connectivity index (χ4v) is 3.78. The molecule has 0 radical (unpaired) electrons. The van der Waals surface area contributed by atoms with Crippen LogP contribution in [0.4, 0.5) is 0 Å². The van der Waals surface area contributed by atoms with Gasteiger partial charge < -0.3 is 0 Å². The Labute approximate surface area is 141 Å². The van der Waals surface area contributed by atoms with E-state index >= 15 is 0 Å². The van der Waals surface area contributed by atoms with Crippen LogP contribution in [-0.4, -0.2) is 0 Å². The fraction of sp³-hybridized carbons (Fsp3) is 0.391. The lowest BCUT2D eigenvalue weighted by molar-refractivity contribution is 0.867. The van der Waals surface area contributed by atoms with E-state index in [1.807, 2.05) is 0 Å². The minimum Gasteiger partial charge on any atom is -0.0655 e. The highest BCUT2D eigenvalue weighted by Gasteiger charge is 2.20. The highest BCUT2D eigenvalue weighted by atomic mass is 14.2. The molecule has 0 saturated heterocycles. The largest absolute Gasteiger partial charge is 0.0655 e. The second kappa shape index (κ2) is 6.74. The van der Waals surface area contributed by atoms with Crippen molar-refractivity contribution in [1.29, 1.82) is 0 Å². The van der Waals surface area contributed by atoms with Gasteiger partial charge in [-0.3, -0.25) is 0 Å². The van der Waals surface area contributed by atoms with Crippen LogP contribution in [0, 0.1) is 0 Å². The van der Waals surface area contributed by atoms with E-state index in [4.69, 9.17) is 0 Å². The molecule has 120 valence electrons. The Morgan fingerprint density at radius 3 is 2.48 bits per heavy atom. The molecule has 0 heteroatoms. The number of allylic oxidation sites excluding steroid dienone is 1. The SMILES string of the molecule is CCCc1ccc2c(c1-c1ccccc1C(C)C)C=C(CC)C2. The maximum Gasteiger partial charge on any atom is -0.00577 e. The molecule has 2 aromatic carbocycles. The van der Waals surface area contributed by atoms with Crippen LogP contribution in [0.3, 0.4) is 0 Å². The first-order valence-corrected chi connectivity index (χ1v) is 9.09. The molecule has 0 N–H and O–H groups in total. The lowest BCUT2D eigenvalue weighted by Gasteiger charge is -2.19. The van der Waals surface area contributed by atoms with Gasteiger partial charge in [-0.15, -0.1) is 0 Å². The second-order valence-electron chi connectivity index (χ2n) is 7.00. The van der Waals surface area contributed by atoms with Gasteiger partial charge in [0.15, 0.2) is 0 Å². The molecule has 0 fully saturated rings. The lowest BCUT2D eigenvalue weighted by atomic mass is 9.85. The van der Waals surface area contributed by atoms with Crippen molar-refractivity contribution >= 4 is 6.08 Å². The Kier molecular flexibility index (Phi) is 4.71. The normalized spacial score (nSPS) is 13.3. The van der Waals surface area contributed by atoms with E-state index in [1.54, 1.807) is 5.57 Å². The molecule has 0 amide bonds. The number of hydrogen-bond acceptors (Lipinski definition) is 0. The van der Waals surface area contributed by atoms with Crippen LogP contribution in [0.2, 0.25) is 0 Å². The predicted molar refractivity (Wildman–Crippen MR) is 102 cm³/mol. The van der Waals surface area contributed by atoms with E-state index in [9.17, 15) is 0 Å². The summed E-state index contributed by atoms with van der Waals surface area (Å²) in [4.78, 5) is 0. The number of aryl methyl sites for hydroxylation is 1. The quantitative estimate of drug-likeness (QED) is 0.571. The Bertz CT molecular complexity index is 732. The van der Waals surface area contributed by atoms with E-state index in [1.165, 1.54) is 39.8 Å². The smallest absolute Gasteiger partial charge is 0.00577 e. The molecule has 2 aromatic rings. The summed E-state index contributed by atoms with van der Waals surface area (Å²) < 4.78 is 0. The fourth-order valence-electron chi connectivity index (χ4n) is 3.78. The third-order valence-corrected chi connectivity index (χ3v) is 5.01. The predicted octanol–water partition coefficient (Wildman–Crippen LogP) is 6.78. The molecule has 1 aliphatic rings. The first-order valence-electron chi connectivity index (χ1n) is 9.09. The highest BCUT2D eigenvalue weighted by molar-refractivity contribution is 5.84. The molecule has 0 nitrogen and oxygen atoms in total. The average molecular weight is 304 g/mol. The van der Waals surface area contributed by atoms with Crippen LogP contribution >= 0.6 is 0 Å². The van der Waals surface area contributed by atoms with Gasteiger partial charge in [0.1, 0.15) is 0 Å². The average Bonchev–Trinajstić information content (AvgIpc) is 2.98. The minimum absolute atomic E-state index is 0.549. The van der Waals surface area contributed by atoms with Crippen LogP contribution in [0.15, 0.2) is 42.0 Å². The van der Waals surface area contributed by atoms with E-state index in [0.29, 0.717) is 5.92 Å².